The van der Waals surface area contributed by atoms with Gasteiger partial charge in [-0.05, 0) is 51.1 Å². The number of carbonyl (C=O) groups is 2. The normalized spacial score (nSPS) is 12.2. The lowest BCUT2D eigenvalue weighted by molar-refractivity contribution is -0.139. The van der Waals surface area contributed by atoms with Gasteiger partial charge in [-0.1, -0.05) is 93.6 Å². The predicted octanol–water partition coefficient (Wildman–Crippen LogP) is 6.69. The Kier molecular flexibility index (Phi) is 7.43. The van der Waals surface area contributed by atoms with Gasteiger partial charge in [0.05, 0.1) is 0 Å². The van der Waals surface area contributed by atoms with Crippen LogP contribution in [0.5, 0.6) is 0 Å². The molecule has 0 saturated carbocycles. The maximum atomic E-state index is 12.8. The average Bonchev–Trinajstić information content (AvgIpc) is 2.96. The first kappa shape index (κ1) is 26.8. The van der Waals surface area contributed by atoms with Gasteiger partial charge in [0.2, 0.25) is 0 Å². The van der Waals surface area contributed by atoms with Gasteiger partial charge < -0.3 is 10.4 Å². The van der Waals surface area contributed by atoms with Crippen molar-refractivity contribution < 1.29 is 14.7 Å². The number of benzene rings is 4. The van der Waals surface area contributed by atoms with Crippen molar-refractivity contribution in [3.63, 3.8) is 0 Å². The predicted molar refractivity (Wildman–Crippen MR) is 158 cm³/mol. The number of rotatable bonds is 7. The largest absolute Gasteiger partial charge is 0.480 e. The standard InChI is InChI=1S/C34H31N3O3/c1-34(2,3)29-16-14-25(15-17-29)32(38)37-30(33(39)40)18-22-8-10-24(11-9-22)31-35-20-28(21-36-31)27-13-12-23-6-4-5-7-26(23)19-27/h4-17,19-21,30H,18H2,1-3H3,(H,37,38)(H,39,40). The molecule has 1 unspecified atom stereocenters. The Morgan fingerprint density at radius 1 is 0.775 bits per heavy atom. The molecule has 6 heteroatoms. The highest BCUT2D eigenvalue weighted by Crippen LogP contribution is 2.25. The number of hydrogen-bond acceptors (Lipinski definition) is 4. The molecular weight excluding hydrogens is 498 g/mol. The van der Waals surface area contributed by atoms with E-state index in [1.54, 1.807) is 12.1 Å². The first-order chi connectivity index (χ1) is 19.2. The fraction of sp³-hybridized carbons (Fsp3) is 0.176. The van der Waals surface area contributed by atoms with Crippen LogP contribution < -0.4 is 5.32 Å². The molecule has 1 aromatic heterocycles. The van der Waals surface area contributed by atoms with Crippen LogP contribution >= 0.6 is 0 Å². The highest BCUT2D eigenvalue weighted by atomic mass is 16.4. The lowest BCUT2D eigenvalue weighted by atomic mass is 9.86. The smallest absolute Gasteiger partial charge is 0.326 e. The first-order valence-corrected chi connectivity index (χ1v) is 13.2. The second-order valence-corrected chi connectivity index (χ2v) is 10.9. The third-order valence-electron chi connectivity index (χ3n) is 7.00. The minimum atomic E-state index is -1.09. The van der Waals surface area contributed by atoms with Gasteiger partial charge in [-0.25, -0.2) is 14.8 Å². The highest BCUT2D eigenvalue weighted by molar-refractivity contribution is 5.96. The van der Waals surface area contributed by atoms with Crippen LogP contribution in [0.15, 0.2) is 103 Å². The molecule has 0 saturated heterocycles. The quantitative estimate of drug-likeness (QED) is 0.245. The summed E-state index contributed by atoms with van der Waals surface area (Å²) in [5.41, 5.74) is 5.09. The number of nitrogens with zero attached hydrogens (tertiary/aromatic N) is 2. The summed E-state index contributed by atoms with van der Waals surface area (Å²) in [4.78, 5) is 33.8. The van der Waals surface area contributed by atoms with Gasteiger partial charge in [0.25, 0.3) is 5.91 Å². The highest BCUT2D eigenvalue weighted by Gasteiger charge is 2.22. The number of hydrogen-bond donors (Lipinski definition) is 2. The van der Waals surface area contributed by atoms with Crippen molar-refractivity contribution in [1.82, 2.24) is 15.3 Å². The van der Waals surface area contributed by atoms with E-state index in [4.69, 9.17) is 0 Å². The van der Waals surface area contributed by atoms with Crippen LogP contribution in [0.25, 0.3) is 33.3 Å². The molecule has 2 N–H and O–H groups in total. The SMILES string of the molecule is CC(C)(C)c1ccc(C(=O)NC(Cc2ccc(-c3ncc(-c4ccc5ccccc5c4)cn3)cc2)C(=O)O)cc1. The van der Waals surface area contributed by atoms with Gasteiger partial charge >= 0.3 is 5.97 Å². The van der Waals surface area contributed by atoms with Crippen LogP contribution in [-0.4, -0.2) is 33.0 Å². The Morgan fingerprint density at radius 3 is 2.02 bits per heavy atom. The molecule has 0 spiro atoms. The third kappa shape index (κ3) is 6.07. The van der Waals surface area contributed by atoms with E-state index < -0.39 is 17.9 Å². The van der Waals surface area contributed by atoms with E-state index in [1.807, 2.05) is 60.9 Å². The summed E-state index contributed by atoms with van der Waals surface area (Å²) < 4.78 is 0. The van der Waals surface area contributed by atoms with Gasteiger partial charge in [0.1, 0.15) is 6.04 Å². The van der Waals surface area contributed by atoms with Gasteiger partial charge in [-0.15, -0.1) is 0 Å². The maximum Gasteiger partial charge on any atom is 0.326 e. The minimum absolute atomic E-state index is 0.0327. The zero-order valence-electron chi connectivity index (χ0n) is 22.8. The summed E-state index contributed by atoms with van der Waals surface area (Å²) in [6, 6.07) is 28.1. The van der Waals surface area contributed by atoms with E-state index in [9.17, 15) is 14.7 Å². The Bertz CT molecular complexity index is 1650. The molecule has 0 bridgehead atoms. The lowest BCUT2D eigenvalue weighted by Gasteiger charge is -2.19. The molecule has 40 heavy (non-hydrogen) atoms. The molecule has 5 rings (SSSR count). The van der Waals surface area contributed by atoms with Gasteiger partial charge in [0, 0.05) is 35.5 Å². The monoisotopic (exact) mass is 529 g/mol. The van der Waals surface area contributed by atoms with Crippen molar-refractivity contribution in [1.29, 1.82) is 0 Å². The molecule has 6 nitrogen and oxygen atoms in total. The van der Waals surface area contributed by atoms with Crippen molar-refractivity contribution in [3.8, 4) is 22.5 Å². The molecule has 4 aromatic carbocycles. The average molecular weight is 530 g/mol. The van der Waals surface area contributed by atoms with Gasteiger partial charge in [0.15, 0.2) is 5.82 Å². The number of fused-ring (bicyclic) bond motifs is 1. The molecule has 200 valence electrons. The second kappa shape index (κ2) is 11.1. The Morgan fingerprint density at radius 2 is 1.40 bits per heavy atom. The Labute approximate surface area is 233 Å². The number of aromatic nitrogens is 2. The van der Waals surface area contributed by atoms with Crippen molar-refractivity contribution in [2.45, 2.75) is 38.6 Å². The van der Waals surface area contributed by atoms with E-state index in [1.165, 1.54) is 5.39 Å². The molecule has 5 aromatic rings. The maximum absolute atomic E-state index is 12.8. The number of amides is 1. The van der Waals surface area contributed by atoms with Crippen LogP contribution in [0, 0.1) is 0 Å². The van der Waals surface area contributed by atoms with Crippen LogP contribution in [-0.2, 0) is 16.6 Å². The third-order valence-corrected chi connectivity index (χ3v) is 7.00. The fourth-order valence-electron chi connectivity index (χ4n) is 4.58. The zero-order valence-corrected chi connectivity index (χ0v) is 22.8. The second-order valence-electron chi connectivity index (χ2n) is 10.9. The molecule has 0 aliphatic carbocycles. The summed E-state index contributed by atoms with van der Waals surface area (Å²) in [7, 11) is 0. The Balaban J connectivity index is 1.25. The zero-order chi connectivity index (χ0) is 28.3. The molecule has 1 atom stereocenters. The molecule has 1 amide bonds. The van der Waals surface area contributed by atoms with E-state index in [0.717, 1.165) is 33.2 Å². The van der Waals surface area contributed by atoms with Crippen molar-refractivity contribution >= 4 is 22.6 Å². The topological polar surface area (TPSA) is 92.2 Å². The number of carboxylic acids is 1. The van der Waals surface area contributed by atoms with E-state index in [2.05, 4.69) is 66.4 Å². The van der Waals surface area contributed by atoms with Crippen LogP contribution in [0.1, 0.15) is 42.3 Å². The van der Waals surface area contributed by atoms with Crippen molar-refractivity contribution in [3.05, 3.63) is 120 Å². The first-order valence-electron chi connectivity index (χ1n) is 13.2. The van der Waals surface area contributed by atoms with Crippen LogP contribution in [0.2, 0.25) is 0 Å². The van der Waals surface area contributed by atoms with Gasteiger partial charge in [-0.2, -0.15) is 0 Å². The summed E-state index contributed by atoms with van der Waals surface area (Å²) in [5.74, 6) is -0.918. The van der Waals surface area contributed by atoms with Crippen LogP contribution in [0.3, 0.4) is 0 Å². The van der Waals surface area contributed by atoms with E-state index in [-0.39, 0.29) is 11.8 Å². The van der Waals surface area contributed by atoms with Crippen molar-refractivity contribution in [2.75, 3.05) is 0 Å². The minimum Gasteiger partial charge on any atom is -0.480 e. The summed E-state index contributed by atoms with van der Waals surface area (Å²) >= 11 is 0. The molecular formula is C34H31N3O3. The molecule has 0 aliphatic rings. The van der Waals surface area contributed by atoms with Crippen molar-refractivity contribution in [2.24, 2.45) is 0 Å². The van der Waals surface area contributed by atoms with E-state index in [0.29, 0.717) is 11.4 Å². The molecule has 1 heterocycles. The number of carbonyl (C=O) groups excluding carboxylic acids is 1. The number of nitrogens with one attached hydrogen (secondary N) is 1. The summed E-state index contributed by atoms with van der Waals surface area (Å²) in [6.45, 7) is 6.30. The molecule has 0 aliphatic heterocycles. The van der Waals surface area contributed by atoms with Gasteiger partial charge in [-0.3, -0.25) is 4.79 Å². The number of carboxylic acid groups (broad SMARTS) is 1. The molecule has 0 fully saturated rings. The van der Waals surface area contributed by atoms with Crippen LogP contribution in [0.4, 0.5) is 0 Å². The fourth-order valence-corrected chi connectivity index (χ4v) is 4.58. The number of aliphatic carboxylic acids is 1. The lowest BCUT2D eigenvalue weighted by Crippen LogP contribution is -2.42. The molecule has 0 radical (unpaired) electrons. The van der Waals surface area contributed by atoms with E-state index >= 15 is 0 Å². The Hall–Kier alpha value is -4.84. The summed E-state index contributed by atoms with van der Waals surface area (Å²) in [6.07, 6.45) is 3.78. The summed E-state index contributed by atoms with van der Waals surface area (Å²) in [5, 5.41) is 14.8.